The summed E-state index contributed by atoms with van der Waals surface area (Å²) in [6, 6.07) is 11.5. The fraction of sp³-hybridized carbons (Fsp3) is 0. The van der Waals surface area contributed by atoms with E-state index in [1.165, 1.54) is 12.1 Å². The van der Waals surface area contributed by atoms with E-state index in [9.17, 15) is 9.18 Å². The predicted molar refractivity (Wildman–Crippen MR) is 75.2 cm³/mol. The smallest absolute Gasteiger partial charge is 0.308 e. The van der Waals surface area contributed by atoms with Gasteiger partial charge in [0.1, 0.15) is 5.82 Å². The number of urea groups is 1. The van der Waals surface area contributed by atoms with Gasteiger partial charge in [0.25, 0.3) is 0 Å². The lowest BCUT2D eigenvalue weighted by molar-refractivity contribution is 0.262. The minimum atomic E-state index is -0.671. The summed E-state index contributed by atoms with van der Waals surface area (Å²) in [6.07, 6.45) is 0. The van der Waals surface area contributed by atoms with Gasteiger partial charge in [0, 0.05) is 10.7 Å². The van der Waals surface area contributed by atoms with E-state index in [2.05, 4.69) is 10.6 Å². The number of nitriles is 1. The maximum absolute atomic E-state index is 13.6. The second kappa shape index (κ2) is 6.04. The predicted octanol–water partition coefficient (Wildman–Crippen LogP) is 3.99. The van der Waals surface area contributed by atoms with Crippen molar-refractivity contribution in [2.45, 2.75) is 0 Å². The molecule has 0 aliphatic heterocycles. The number of carbonyl (C=O) groups excluding carboxylic acids is 1. The Morgan fingerprint density at radius 1 is 1.15 bits per heavy atom. The Balaban J connectivity index is 2.05. The van der Waals surface area contributed by atoms with Crippen molar-refractivity contribution < 1.29 is 9.18 Å². The Bertz CT molecular complexity index is 680. The van der Waals surface area contributed by atoms with Crippen LogP contribution in [0.2, 0.25) is 5.02 Å². The van der Waals surface area contributed by atoms with E-state index in [1.54, 1.807) is 24.3 Å². The van der Waals surface area contributed by atoms with E-state index in [0.717, 1.165) is 6.07 Å². The average Bonchev–Trinajstić information content (AvgIpc) is 2.43. The van der Waals surface area contributed by atoms with Crippen molar-refractivity contribution in [3.8, 4) is 6.07 Å². The van der Waals surface area contributed by atoms with E-state index in [-0.39, 0.29) is 11.3 Å². The molecule has 0 bridgehead atoms. The molecule has 0 spiro atoms. The first-order chi connectivity index (χ1) is 9.58. The number of hydrogen-bond acceptors (Lipinski definition) is 2. The third kappa shape index (κ3) is 3.46. The largest absolute Gasteiger partial charge is 0.323 e. The fourth-order valence-electron chi connectivity index (χ4n) is 1.50. The normalized spacial score (nSPS) is 9.65. The molecule has 0 aromatic heterocycles. The van der Waals surface area contributed by atoms with Crippen LogP contribution >= 0.6 is 11.6 Å². The maximum Gasteiger partial charge on any atom is 0.323 e. The Morgan fingerprint density at radius 2 is 1.85 bits per heavy atom. The van der Waals surface area contributed by atoms with Crippen LogP contribution in [0.1, 0.15) is 5.56 Å². The molecule has 2 rings (SSSR count). The molecule has 2 N–H and O–H groups in total. The van der Waals surface area contributed by atoms with Gasteiger partial charge in [0.2, 0.25) is 0 Å². The van der Waals surface area contributed by atoms with E-state index in [4.69, 9.17) is 16.9 Å². The van der Waals surface area contributed by atoms with Crippen molar-refractivity contribution in [3.05, 3.63) is 58.9 Å². The molecule has 0 radical (unpaired) electrons. The fourth-order valence-corrected chi connectivity index (χ4v) is 1.63. The van der Waals surface area contributed by atoms with E-state index < -0.39 is 11.8 Å². The van der Waals surface area contributed by atoms with Crippen LogP contribution in [-0.2, 0) is 0 Å². The maximum atomic E-state index is 13.6. The molecule has 0 unspecified atom stereocenters. The van der Waals surface area contributed by atoms with Gasteiger partial charge in [-0.25, -0.2) is 9.18 Å². The monoisotopic (exact) mass is 289 g/mol. The summed E-state index contributed by atoms with van der Waals surface area (Å²) in [5, 5.41) is 14.1. The van der Waals surface area contributed by atoms with Crippen LogP contribution in [0.25, 0.3) is 0 Å². The summed E-state index contributed by atoms with van der Waals surface area (Å²) < 4.78 is 13.6. The molecule has 2 aromatic carbocycles. The van der Waals surface area contributed by atoms with Crippen LogP contribution < -0.4 is 10.6 Å². The molecule has 0 aliphatic rings. The SMILES string of the molecule is N#Cc1ccc(NC(=O)Nc2ccc(Cl)cc2)c(F)c1. The number of nitrogens with one attached hydrogen (secondary N) is 2. The minimum absolute atomic E-state index is 0.00420. The van der Waals surface area contributed by atoms with Crippen molar-refractivity contribution in [2.75, 3.05) is 10.6 Å². The second-order valence-electron chi connectivity index (χ2n) is 3.89. The summed E-state index contributed by atoms with van der Waals surface area (Å²) in [5.41, 5.74) is 0.711. The van der Waals surface area contributed by atoms with Gasteiger partial charge in [0.15, 0.2) is 0 Å². The Labute approximate surface area is 119 Å². The molecule has 0 saturated heterocycles. The van der Waals surface area contributed by atoms with Crippen LogP contribution in [0.15, 0.2) is 42.5 Å². The van der Waals surface area contributed by atoms with E-state index in [1.807, 2.05) is 6.07 Å². The molecule has 100 valence electrons. The van der Waals surface area contributed by atoms with Crippen molar-refractivity contribution in [1.82, 2.24) is 0 Å². The lowest BCUT2D eigenvalue weighted by atomic mass is 10.2. The third-order valence-corrected chi connectivity index (χ3v) is 2.70. The molecule has 4 nitrogen and oxygen atoms in total. The topological polar surface area (TPSA) is 64.9 Å². The van der Waals surface area contributed by atoms with Gasteiger partial charge in [0.05, 0.1) is 17.3 Å². The molecule has 2 amide bonds. The molecule has 0 fully saturated rings. The third-order valence-electron chi connectivity index (χ3n) is 2.45. The zero-order valence-corrected chi connectivity index (χ0v) is 10.9. The Kier molecular flexibility index (Phi) is 4.18. The molecule has 0 aliphatic carbocycles. The van der Waals surface area contributed by atoms with Gasteiger partial charge >= 0.3 is 6.03 Å². The number of halogens is 2. The molecule has 6 heteroatoms. The minimum Gasteiger partial charge on any atom is -0.308 e. The van der Waals surface area contributed by atoms with Crippen LogP contribution in [0.3, 0.4) is 0 Å². The number of carbonyl (C=O) groups is 1. The summed E-state index contributed by atoms with van der Waals surface area (Å²) in [5.74, 6) is -0.671. The standard InChI is InChI=1S/C14H9ClFN3O/c15-10-2-4-11(5-3-10)18-14(20)19-13-6-1-9(8-17)7-12(13)16/h1-7H,(H2,18,19,20). The number of nitrogens with zero attached hydrogens (tertiary/aromatic N) is 1. The van der Waals surface area contributed by atoms with Gasteiger partial charge in [-0.05, 0) is 42.5 Å². The first kappa shape index (κ1) is 13.8. The highest BCUT2D eigenvalue weighted by atomic mass is 35.5. The number of hydrogen-bond donors (Lipinski definition) is 2. The molecule has 0 heterocycles. The van der Waals surface area contributed by atoms with E-state index >= 15 is 0 Å². The lowest BCUT2D eigenvalue weighted by Gasteiger charge is -2.08. The van der Waals surface area contributed by atoms with Gasteiger partial charge in [-0.3, -0.25) is 0 Å². The number of rotatable bonds is 2. The highest BCUT2D eigenvalue weighted by Gasteiger charge is 2.08. The number of amides is 2. The van der Waals surface area contributed by atoms with Crippen LogP contribution in [-0.4, -0.2) is 6.03 Å². The zero-order chi connectivity index (χ0) is 14.5. The van der Waals surface area contributed by atoms with Crippen molar-refractivity contribution in [2.24, 2.45) is 0 Å². The average molecular weight is 290 g/mol. The Hall–Kier alpha value is -2.58. The summed E-state index contributed by atoms with van der Waals surface area (Å²) in [7, 11) is 0. The molecular formula is C14H9ClFN3O. The van der Waals surface area contributed by atoms with Crippen molar-refractivity contribution in [3.63, 3.8) is 0 Å². The first-order valence-electron chi connectivity index (χ1n) is 5.62. The van der Waals surface area contributed by atoms with Gasteiger partial charge in [-0.1, -0.05) is 11.6 Å². The molecule has 20 heavy (non-hydrogen) atoms. The van der Waals surface area contributed by atoms with E-state index in [0.29, 0.717) is 10.7 Å². The number of anilines is 2. The summed E-state index contributed by atoms with van der Waals surface area (Å²) >= 11 is 5.72. The second-order valence-corrected chi connectivity index (χ2v) is 4.33. The Morgan fingerprint density at radius 3 is 2.45 bits per heavy atom. The zero-order valence-electron chi connectivity index (χ0n) is 10.2. The van der Waals surface area contributed by atoms with Gasteiger partial charge in [-0.2, -0.15) is 5.26 Å². The highest BCUT2D eigenvalue weighted by Crippen LogP contribution is 2.17. The van der Waals surface area contributed by atoms with Crippen LogP contribution in [0, 0.1) is 17.1 Å². The van der Waals surface area contributed by atoms with Crippen LogP contribution in [0.4, 0.5) is 20.6 Å². The highest BCUT2D eigenvalue weighted by molar-refractivity contribution is 6.30. The van der Waals surface area contributed by atoms with Gasteiger partial charge < -0.3 is 10.6 Å². The van der Waals surface area contributed by atoms with Gasteiger partial charge in [-0.15, -0.1) is 0 Å². The molecule has 0 atom stereocenters. The first-order valence-corrected chi connectivity index (χ1v) is 5.99. The molecular weight excluding hydrogens is 281 g/mol. The van der Waals surface area contributed by atoms with Crippen molar-refractivity contribution in [1.29, 1.82) is 5.26 Å². The van der Waals surface area contributed by atoms with Crippen molar-refractivity contribution >= 4 is 29.0 Å². The molecule has 2 aromatic rings. The number of benzene rings is 2. The summed E-state index contributed by atoms with van der Waals surface area (Å²) in [4.78, 5) is 11.7. The summed E-state index contributed by atoms with van der Waals surface area (Å²) in [6.45, 7) is 0. The quantitative estimate of drug-likeness (QED) is 0.878. The van der Waals surface area contributed by atoms with Crippen LogP contribution in [0.5, 0.6) is 0 Å². The lowest BCUT2D eigenvalue weighted by Crippen LogP contribution is -2.20. The molecule has 0 saturated carbocycles.